The van der Waals surface area contributed by atoms with Crippen molar-refractivity contribution in [2.45, 2.75) is 0 Å². The van der Waals surface area contributed by atoms with Crippen LogP contribution >= 0.6 is 11.3 Å². The maximum Gasteiger partial charge on any atom is 0.137 e. The van der Waals surface area contributed by atoms with E-state index in [-0.39, 0.29) is 0 Å². The van der Waals surface area contributed by atoms with E-state index in [4.69, 9.17) is 15.0 Å². The van der Waals surface area contributed by atoms with Gasteiger partial charge in [0.2, 0.25) is 0 Å². The first-order chi connectivity index (χ1) is 18.8. The number of thiazole rings is 1. The van der Waals surface area contributed by atoms with Crippen LogP contribution in [0.4, 0.5) is 0 Å². The minimum Gasteiger partial charge on any atom is -0.298 e. The Morgan fingerprint density at radius 2 is 1.55 bits per heavy atom. The molecule has 7 rings (SSSR count). The maximum atomic E-state index is 5.11. The monoisotopic (exact) mass is 506 g/mol. The minimum atomic E-state index is 0.893. The highest BCUT2D eigenvalue weighted by atomic mass is 32.1. The fourth-order valence-electron chi connectivity index (χ4n) is 4.83. The number of nitrogens with zero attached hydrogens (tertiary/aromatic N) is 4. The highest BCUT2D eigenvalue weighted by Crippen LogP contribution is 2.34. The number of pyridine rings is 2. The normalized spacial score (nSPS) is 11.7. The smallest absolute Gasteiger partial charge is 0.137 e. The summed E-state index contributed by atoms with van der Waals surface area (Å²) in [6.07, 6.45) is 8.13. The molecule has 38 heavy (non-hydrogen) atoms. The third kappa shape index (κ3) is 3.81. The van der Waals surface area contributed by atoms with Crippen molar-refractivity contribution in [2.75, 3.05) is 0 Å². The number of hydrogen-bond acceptors (Lipinski definition) is 4. The van der Waals surface area contributed by atoms with Crippen LogP contribution in [0.3, 0.4) is 0 Å². The van der Waals surface area contributed by atoms with Crippen LogP contribution in [0.25, 0.3) is 67.6 Å². The standard InChI is InChI=1S/C33H22N4S/c1-2-26-28(38-33(35-26)23-12-4-3-5-13-23)19-18-22-11-10-14-24(21-22)30-32-31(25-15-6-7-16-27(25)34-30)36-29-17-8-9-20-37(29)32/h2-21H,1H2/b19-18+. The lowest BCUT2D eigenvalue weighted by Crippen LogP contribution is -1.92. The predicted octanol–water partition coefficient (Wildman–Crippen LogP) is 8.64. The van der Waals surface area contributed by atoms with E-state index in [9.17, 15) is 0 Å². The molecule has 0 aliphatic rings. The van der Waals surface area contributed by atoms with E-state index in [0.29, 0.717) is 0 Å². The summed E-state index contributed by atoms with van der Waals surface area (Å²) in [6, 6.07) is 33.0. The number of benzene rings is 3. The second kappa shape index (κ2) is 9.21. The van der Waals surface area contributed by atoms with Gasteiger partial charge >= 0.3 is 0 Å². The lowest BCUT2D eigenvalue weighted by molar-refractivity contribution is 1.22. The fraction of sp³-hybridized carbons (Fsp3) is 0. The number of rotatable bonds is 5. The van der Waals surface area contributed by atoms with Gasteiger partial charge in [-0.1, -0.05) is 85.5 Å². The molecule has 0 saturated carbocycles. The first-order valence-electron chi connectivity index (χ1n) is 12.4. The average molecular weight is 507 g/mol. The van der Waals surface area contributed by atoms with Gasteiger partial charge in [0, 0.05) is 22.7 Å². The maximum absolute atomic E-state index is 5.11. The van der Waals surface area contributed by atoms with E-state index in [1.54, 1.807) is 11.3 Å². The van der Waals surface area contributed by atoms with Crippen LogP contribution < -0.4 is 0 Å². The Hall–Kier alpha value is -4.87. The first kappa shape index (κ1) is 22.3. The summed E-state index contributed by atoms with van der Waals surface area (Å²) in [7, 11) is 0. The number of fused-ring (bicyclic) bond motifs is 5. The summed E-state index contributed by atoms with van der Waals surface area (Å²) < 4.78 is 2.13. The van der Waals surface area contributed by atoms with Gasteiger partial charge in [-0.25, -0.2) is 15.0 Å². The molecule has 0 N–H and O–H groups in total. The minimum absolute atomic E-state index is 0.893. The van der Waals surface area contributed by atoms with Gasteiger partial charge in [0.15, 0.2) is 0 Å². The Kier molecular flexibility index (Phi) is 5.42. The van der Waals surface area contributed by atoms with E-state index in [0.717, 1.165) is 65.5 Å². The molecular formula is C33H22N4S. The molecule has 4 aromatic heterocycles. The van der Waals surface area contributed by atoms with Crippen LogP contribution in [-0.4, -0.2) is 19.4 Å². The largest absolute Gasteiger partial charge is 0.298 e. The van der Waals surface area contributed by atoms with Crippen molar-refractivity contribution in [3.63, 3.8) is 0 Å². The molecule has 0 radical (unpaired) electrons. The Bertz CT molecular complexity index is 2000. The molecule has 0 fully saturated rings. The predicted molar refractivity (Wildman–Crippen MR) is 160 cm³/mol. The second-order valence-corrected chi connectivity index (χ2v) is 10.0. The molecule has 0 spiro atoms. The van der Waals surface area contributed by atoms with Gasteiger partial charge < -0.3 is 0 Å². The van der Waals surface area contributed by atoms with Gasteiger partial charge in [-0.3, -0.25) is 4.40 Å². The third-order valence-corrected chi connectivity index (χ3v) is 7.71. The van der Waals surface area contributed by atoms with Gasteiger partial charge in [-0.2, -0.15) is 0 Å². The molecule has 0 atom stereocenters. The number of aromatic nitrogens is 4. The first-order valence-corrected chi connectivity index (χ1v) is 13.2. The molecule has 7 aromatic rings. The Morgan fingerprint density at radius 3 is 2.45 bits per heavy atom. The molecule has 180 valence electrons. The number of para-hydroxylation sites is 1. The Balaban J connectivity index is 1.34. The van der Waals surface area contributed by atoms with Crippen molar-refractivity contribution < 1.29 is 0 Å². The third-order valence-electron chi connectivity index (χ3n) is 6.63. The second-order valence-electron chi connectivity index (χ2n) is 9.01. The molecule has 0 saturated heterocycles. The molecule has 0 aliphatic heterocycles. The number of imidazole rings is 1. The molecule has 0 aliphatic carbocycles. The van der Waals surface area contributed by atoms with Gasteiger partial charge in [0.05, 0.1) is 27.3 Å². The zero-order valence-electron chi connectivity index (χ0n) is 20.5. The van der Waals surface area contributed by atoms with Crippen LogP contribution in [0.15, 0.2) is 110 Å². The highest BCUT2D eigenvalue weighted by Gasteiger charge is 2.16. The van der Waals surface area contributed by atoms with Gasteiger partial charge in [0.1, 0.15) is 16.2 Å². The Labute approximate surface area is 223 Å². The van der Waals surface area contributed by atoms with E-state index < -0.39 is 0 Å². The zero-order chi connectivity index (χ0) is 25.5. The van der Waals surface area contributed by atoms with Crippen molar-refractivity contribution in [2.24, 2.45) is 0 Å². The van der Waals surface area contributed by atoms with Crippen LogP contribution in [0, 0.1) is 0 Å². The SMILES string of the molecule is C=Cc1nc(-c2ccccc2)sc1/C=C/c1cccc(-c2nc3ccccc3c3nc4ccccn4c23)c1. The zero-order valence-corrected chi connectivity index (χ0v) is 21.3. The molecule has 5 heteroatoms. The van der Waals surface area contributed by atoms with E-state index in [2.05, 4.69) is 77.9 Å². The van der Waals surface area contributed by atoms with E-state index in [1.807, 2.05) is 54.6 Å². The summed E-state index contributed by atoms with van der Waals surface area (Å²) in [6.45, 7) is 3.97. The molecule has 0 unspecified atom stereocenters. The van der Waals surface area contributed by atoms with Crippen LogP contribution in [0.5, 0.6) is 0 Å². The summed E-state index contributed by atoms with van der Waals surface area (Å²) in [4.78, 5) is 16.0. The van der Waals surface area contributed by atoms with Crippen molar-refractivity contribution in [1.82, 2.24) is 19.4 Å². The molecule has 0 amide bonds. The van der Waals surface area contributed by atoms with Crippen molar-refractivity contribution in [3.05, 3.63) is 126 Å². The van der Waals surface area contributed by atoms with Crippen molar-refractivity contribution in [1.29, 1.82) is 0 Å². The summed E-state index contributed by atoms with van der Waals surface area (Å²) in [5, 5.41) is 2.05. The molecule has 3 aromatic carbocycles. The number of hydrogen-bond donors (Lipinski definition) is 0. The van der Waals surface area contributed by atoms with Gasteiger partial charge in [-0.05, 0) is 42.0 Å². The van der Waals surface area contributed by atoms with Gasteiger partial charge in [-0.15, -0.1) is 11.3 Å². The van der Waals surface area contributed by atoms with Crippen molar-refractivity contribution >= 4 is 57.1 Å². The van der Waals surface area contributed by atoms with Crippen LogP contribution in [-0.2, 0) is 0 Å². The Morgan fingerprint density at radius 1 is 0.737 bits per heavy atom. The van der Waals surface area contributed by atoms with E-state index in [1.165, 1.54) is 0 Å². The van der Waals surface area contributed by atoms with Crippen LogP contribution in [0.2, 0.25) is 0 Å². The summed E-state index contributed by atoms with van der Waals surface area (Å²) >= 11 is 1.67. The molecule has 4 nitrogen and oxygen atoms in total. The quantitative estimate of drug-likeness (QED) is 0.235. The van der Waals surface area contributed by atoms with Crippen LogP contribution in [0.1, 0.15) is 16.1 Å². The summed E-state index contributed by atoms with van der Waals surface area (Å²) in [5.41, 5.74) is 8.89. The van der Waals surface area contributed by atoms with Gasteiger partial charge in [0.25, 0.3) is 0 Å². The lowest BCUT2D eigenvalue weighted by Gasteiger charge is -2.08. The van der Waals surface area contributed by atoms with Crippen molar-refractivity contribution in [3.8, 4) is 21.8 Å². The lowest BCUT2D eigenvalue weighted by atomic mass is 10.0. The molecule has 4 heterocycles. The topological polar surface area (TPSA) is 43.1 Å². The molecule has 0 bridgehead atoms. The summed E-state index contributed by atoms with van der Waals surface area (Å²) in [5.74, 6) is 0. The average Bonchev–Trinajstić information content (AvgIpc) is 3.58. The molecular weight excluding hydrogens is 484 g/mol. The van der Waals surface area contributed by atoms with E-state index >= 15 is 0 Å². The highest BCUT2D eigenvalue weighted by molar-refractivity contribution is 7.16. The fourth-order valence-corrected chi connectivity index (χ4v) is 5.81.